The molecule has 15 heavy (non-hydrogen) atoms. The monoisotopic (exact) mass is 334 g/mol. The molecule has 1 aromatic carbocycles. The third kappa shape index (κ3) is 2.07. The van der Waals surface area contributed by atoms with Gasteiger partial charge in [0.1, 0.15) is 0 Å². The molecule has 0 radical (unpaired) electrons. The Morgan fingerprint density at radius 2 is 2.13 bits per heavy atom. The zero-order chi connectivity index (χ0) is 10.8. The SMILES string of the molecule is CS(=O)c1nnnn1-c1ccccc1I. The molecule has 2 aromatic rings. The smallest absolute Gasteiger partial charge is 0.244 e. The lowest BCUT2D eigenvalue weighted by Gasteiger charge is -2.03. The van der Waals surface area contributed by atoms with Crippen molar-refractivity contribution in [2.75, 3.05) is 6.26 Å². The molecule has 78 valence electrons. The minimum absolute atomic E-state index is 0.360. The van der Waals surface area contributed by atoms with Gasteiger partial charge in [-0.1, -0.05) is 17.2 Å². The zero-order valence-corrected chi connectivity index (χ0v) is 10.8. The van der Waals surface area contributed by atoms with Gasteiger partial charge < -0.3 is 0 Å². The zero-order valence-electron chi connectivity index (χ0n) is 7.79. The highest BCUT2D eigenvalue weighted by atomic mass is 127. The fourth-order valence-corrected chi connectivity index (χ4v) is 2.28. The fourth-order valence-electron chi connectivity index (χ4n) is 1.13. The minimum atomic E-state index is -1.19. The summed E-state index contributed by atoms with van der Waals surface area (Å²) in [6.07, 6.45) is 1.55. The van der Waals surface area contributed by atoms with E-state index in [2.05, 4.69) is 38.1 Å². The van der Waals surface area contributed by atoms with Crippen LogP contribution < -0.4 is 0 Å². The highest BCUT2D eigenvalue weighted by molar-refractivity contribution is 14.1. The van der Waals surface area contributed by atoms with Crippen LogP contribution in [0.15, 0.2) is 29.4 Å². The second kappa shape index (κ2) is 4.35. The Bertz CT molecular complexity index is 513. The molecule has 0 spiro atoms. The number of rotatable bonds is 2. The van der Waals surface area contributed by atoms with Gasteiger partial charge in [0, 0.05) is 9.83 Å². The molecule has 0 aliphatic carbocycles. The van der Waals surface area contributed by atoms with Crippen molar-refractivity contribution in [3.63, 3.8) is 0 Å². The van der Waals surface area contributed by atoms with Gasteiger partial charge in [-0.2, -0.15) is 4.68 Å². The number of hydrogen-bond acceptors (Lipinski definition) is 4. The van der Waals surface area contributed by atoms with Gasteiger partial charge in [0.15, 0.2) is 0 Å². The Kier molecular flexibility index (Phi) is 3.10. The second-order valence-corrected chi connectivity index (χ2v) is 5.21. The van der Waals surface area contributed by atoms with Crippen molar-refractivity contribution < 1.29 is 4.21 Å². The van der Waals surface area contributed by atoms with Crippen molar-refractivity contribution >= 4 is 33.4 Å². The molecule has 0 saturated carbocycles. The molecule has 5 nitrogen and oxygen atoms in total. The largest absolute Gasteiger partial charge is 0.251 e. The summed E-state index contributed by atoms with van der Waals surface area (Å²) in [6, 6.07) is 7.65. The third-order valence-corrected chi connectivity index (χ3v) is 3.46. The van der Waals surface area contributed by atoms with Crippen LogP contribution in [0.25, 0.3) is 5.69 Å². The summed E-state index contributed by atoms with van der Waals surface area (Å²) >= 11 is 2.19. The molecule has 7 heteroatoms. The van der Waals surface area contributed by atoms with E-state index in [9.17, 15) is 4.21 Å². The second-order valence-electron chi connectivity index (χ2n) is 2.78. The predicted octanol–water partition coefficient (Wildman–Crippen LogP) is 1.00. The Morgan fingerprint density at radius 3 is 2.80 bits per heavy atom. The summed E-state index contributed by atoms with van der Waals surface area (Å²) in [6.45, 7) is 0. The average molecular weight is 334 g/mol. The minimum Gasteiger partial charge on any atom is -0.251 e. The standard InChI is InChI=1S/C8H7IN4OS/c1-15(14)8-10-11-12-13(8)7-5-3-2-4-6(7)9/h2-5H,1H3. The van der Waals surface area contributed by atoms with E-state index < -0.39 is 10.8 Å². The molecule has 1 unspecified atom stereocenters. The van der Waals surface area contributed by atoms with Crippen LogP contribution in [0.4, 0.5) is 0 Å². The van der Waals surface area contributed by atoms with Gasteiger partial charge in [0.25, 0.3) is 0 Å². The number of benzene rings is 1. The number of aromatic nitrogens is 4. The van der Waals surface area contributed by atoms with Gasteiger partial charge in [0.2, 0.25) is 5.16 Å². The number of tetrazole rings is 1. The van der Waals surface area contributed by atoms with Gasteiger partial charge in [-0.25, -0.2) is 0 Å². The van der Waals surface area contributed by atoms with E-state index in [0.717, 1.165) is 9.26 Å². The molecular formula is C8H7IN4OS. The molecule has 0 N–H and O–H groups in total. The lowest BCUT2D eigenvalue weighted by Crippen LogP contribution is -2.05. The van der Waals surface area contributed by atoms with Crippen LogP contribution >= 0.6 is 22.6 Å². The third-order valence-electron chi connectivity index (χ3n) is 1.78. The quantitative estimate of drug-likeness (QED) is 0.769. The molecule has 0 aliphatic heterocycles. The summed E-state index contributed by atoms with van der Waals surface area (Å²) in [5.41, 5.74) is 0.841. The topological polar surface area (TPSA) is 60.7 Å². The van der Waals surface area contributed by atoms with E-state index >= 15 is 0 Å². The van der Waals surface area contributed by atoms with Crippen molar-refractivity contribution in [3.8, 4) is 5.69 Å². The number of halogens is 1. The van der Waals surface area contributed by atoms with Crippen LogP contribution in [-0.2, 0) is 10.8 Å². The number of para-hydroxylation sites is 1. The van der Waals surface area contributed by atoms with E-state index in [1.165, 1.54) is 4.68 Å². The molecule has 0 fully saturated rings. The maximum atomic E-state index is 11.4. The Balaban J connectivity index is 2.59. The van der Waals surface area contributed by atoms with Crippen LogP contribution in [0.2, 0.25) is 0 Å². The maximum absolute atomic E-state index is 11.4. The van der Waals surface area contributed by atoms with Crippen molar-refractivity contribution in [2.45, 2.75) is 5.16 Å². The maximum Gasteiger partial charge on any atom is 0.244 e. The van der Waals surface area contributed by atoms with E-state index in [-0.39, 0.29) is 0 Å². The van der Waals surface area contributed by atoms with Crippen LogP contribution in [-0.4, -0.2) is 30.7 Å². The lowest BCUT2D eigenvalue weighted by molar-refractivity contribution is 0.670. The van der Waals surface area contributed by atoms with E-state index in [4.69, 9.17) is 0 Å². The first-order valence-corrected chi connectivity index (χ1v) is 6.70. The van der Waals surface area contributed by atoms with Crippen LogP contribution in [0.1, 0.15) is 0 Å². The molecule has 0 amide bonds. The van der Waals surface area contributed by atoms with Gasteiger partial charge in [-0.15, -0.1) is 0 Å². The average Bonchev–Trinajstić information content (AvgIpc) is 2.67. The van der Waals surface area contributed by atoms with Crippen molar-refractivity contribution in [2.24, 2.45) is 0 Å². The van der Waals surface area contributed by atoms with Gasteiger partial charge in [0.05, 0.1) is 16.5 Å². The Labute approximate surface area is 102 Å². The van der Waals surface area contributed by atoms with Gasteiger partial charge >= 0.3 is 0 Å². The molecular weight excluding hydrogens is 327 g/mol. The van der Waals surface area contributed by atoms with Crippen LogP contribution in [0.3, 0.4) is 0 Å². The predicted molar refractivity (Wildman–Crippen MR) is 64.2 cm³/mol. The summed E-state index contributed by atoms with van der Waals surface area (Å²) in [4.78, 5) is 0. The molecule has 0 bridgehead atoms. The van der Waals surface area contributed by atoms with E-state index in [1.54, 1.807) is 6.26 Å². The summed E-state index contributed by atoms with van der Waals surface area (Å²) in [7, 11) is -1.19. The summed E-state index contributed by atoms with van der Waals surface area (Å²) in [5.74, 6) is 0. The Hall–Kier alpha value is -0.830. The highest BCUT2D eigenvalue weighted by Crippen LogP contribution is 2.17. The van der Waals surface area contributed by atoms with Crippen LogP contribution in [0.5, 0.6) is 0 Å². The van der Waals surface area contributed by atoms with Crippen molar-refractivity contribution in [3.05, 3.63) is 27.8 Å². The molecule has 1 heterocycles. The molecule has 1 atom stereocenters. The molecule has 2 rings (SSSR count). The fraction of sp³-hybridized carbons (Fsp3) is 0.125. The molecule has 0 saturated heterocycles. The highest BCUT2D eigenvalue weighted by Gasteiger charge is 2.12. The van der Waals surface area contributed by atoms with Crippen molar-refractivity contribution in [1.29, 1.82) is 0 Å². The summed E-state index contributed by atoms with van der Waals surface area (Å²) < 4.78 is 13.9. The molecule has 0 aliphatic rings. The number of hydrogen-bond donors (Lipinski definition) is 0. The van der Waals surface area contributed by atoms with Crippen LogP contribution in [0, 0.1) is 3.57 Å². The van der Waals surface area contributed by atoms with Gasteiger partial charge in [-0.3, -0.25) is 4.21 Å². The Morgan fingerprint density at radius 1 is 1.40 bits per heavy atom. The number of nitrogens with zero attached hydrogens (tertiary/aromatic N) is 4. The normalized spacial score (nSPS) is 12.7. The summed E-state index contributed by atoms with van der Waals surface area (Å²) in [5, 5.41) is 11.4. The van der Waals surface area contributed by atoms with E-state index in [1.807, 2.05) is 24.3 Å². The first-order valence-electron chi connectivity index (χ1n) is 4.07. The first-order chi connectivity index (χ1) is 7.20. The van der Waals surface area contributed by atoms with E-state index in [0.29, 0.717) is 5.16 Å². The first kappa shape index (κ1) is 10.7. The molecule has 1 aromatic heterocycles. The van der Waals surface area contributed by atoms with Crippen molar-refractivity contribution in [1.82, 2.24) is 20.2 Å². The van der Waals surface area contributed by atoms with Gasteiger partial charge in [-0.05, 0) is 45.2 Å². The lowest BCUT2D eigenvalue weighted by atomic mass is 10.3.